The summed E-state index contributed by atoms with van der Waals surface area (Å²) in [7, 11) is 0.127. The van der Waals surface area contributed by atoms with E-state index in [1.54, 1.807) is 10.6 Å². The smallest absolute Gasteiger partial charge is 0.213 e. The fourth-order valence-corrected chi connectivity index (χ4v) is 9.26. The largest absolute Gasteiger partial charge is 2.00 e. The third-order valence-electron chi connectivity index (χ3n) is 4.11. The fourth-order valence-electron chi connectivity index (χ4n) is 3.46. The summed E-state index contributed by atoms with van der Waals surface area (Å²) in [6, 6.07) is 17.7. The zero-order valence-corrected chi connectivity index (χ0v) is 22.0. The first-order valence-electron chi connectivity index (χ1n) is 9.25. The summed E-state index contributed by atoms with van der Waals surface area (Å²) in [6.45, 7) is 18.7. The maximum Gasteiger partial charge on any atom is 2.00 e. The van der Waals surface area contributed by atoms with Crippen LogP contribution in [0.1, 0.15) is 55.4 Å². The second-order valence-electron chi connectivity index (χ2n) is 7.48. The van der Waals surface area contributed by atoms with E-state index in [2.05, 4.69) is 104 Å². The first-order valence-corrected chi connectivity index (χ1v) is 12.2. The van der Waals surface area contributed by atoms with Gasteiger partial charge in [0.25, 0.3) is 0 Å². The van der Waals surface area contributed by atoms with Crippen molar-refractivity contribution in [3.63, 3.8) is 0 Å². The van der Waals surface area contributed by atoms with Crippen LogP contribution in [0.25, 0.3) is 0 Å². The molecule has 0 unspecified atom stereocenters. The summed E-state index contributed by atoms with van der Waals surface area (Å²) >= 11 is 0. The first kappa shape index (κ1) is 28.9. The van der Waals surface area contributed by atoms with Gasteiger partial charge in [-0.2, -0.15) is 24.3 Å². The minimum atomic E-state index is 0. The topological polar surface area (TPSA) is 0 Å². The quantitative estimate of drug-likeness (QED) is 0.227. The van der Waals surface area contributed by atoms with Gasteiger partial charge in [-0.05, 0) is 22.6 Å². The summed E-state index contributed by atoms with van der Waals surface area (Å²) in [4.78, 5) is 0. The van der Waals surface area contributed by atoms with Crippen molar-refractivity contribution in [3.05, 3.63) is 48.5 Å². The van der Waals surface area contributed by atoms with Crippen LogP contribution in [-0.4, -0.2) is 22.6 Å². The molecule has 0 aliphatic heterocycles. The number of rotatable bonds is 6. The Balaban J connectivity index is 0. The van der Waals surface area contributed by atoms with Crippen LogP contribution in [0.15, 0.2) is 48.5 Å². The monoisotopic (exact) mass is 521 g/mol. The van der Waals surface area contributed by atoms with Crippen molar-refractivity contribution in [2.24, 2.45) is 0 Å². The molecule has 0 spiro atoms. The zero-order chi connectivity index (χ0) is 18.3. The minimum absolute atomic E-state index is 0. The molecule has 4 heteroatoms. The molecule has 0 bridgehead atoms. The van der Waals surface area contributed by atoms with Gasteiger partial charge in [0.1, 0.15) is 0 Å². The maximum absolute atomic E-state index is 2.33. The normalized spacial score (nSPS) is 11.0. The van der Waals surface area contributed by atoms with Crippen molar-refractivity contribution < 1.29 is 36.5 Å². The number of hydrogen-bond acceptors (Lipinski definition) is 0. The van der Waals surface area contributed by atoms with Gasteiger partial charge in [0, 0.05) is 0 Å². The van der Waals surface area contributed by atoms with Crippen LogP contribution in [0.4, 0.5) is 0 Å². The van der Waals surface area contributed by atoms with Gasteiger partial charge in [0.15, 0.2) is 0 Å². The third-order valence-corrected chi connectivity index (χ3v) is 10.4. The molecule has 0 saturated heterocycles. The molecule has 0 radical (unpaired) electrons. The van der Waals surface area contributed by atoms with Crippen molar-refractivity contribution in [3.8, 4) is 0 Å². The second-order valence-corrected chi connectivity index (χ2v) is 14.3. The molecule has 150 valence electrons. The third kappa shape index (κ3) is 9.27. The van der Waals surface area contributed by atoms with Crippen LogP contribution in [0.3, 0.4) is 0 Å². The van der Waals surface area contributed by atoms with E-state index in [4.69, 9.17) is 0 Å². The Morgan fingerprint density at radius 1 is 0.500 bits per heavy atom. The van der Waals surface area contributed by atoms with Crippen molar-refractivity contribution in [2.45, 2.75) is 78.0 Å². The van der Waals surface area contributed by atoms with Crippen LogP contribution in [-0.2, 0) is 36.5 Å². The van der Waals surface area contributed by atoms with Crippen molar-refractivity contribution >= 4 is 26.5 Å². The molecule has 0 aliphatic carbocycles. The van der Waals surface area contributed by atoms with E-state index in [0.29, 0.717) is 0 Å². The van der Waals surface area contributed by atoms with Gasteiger partial charge in [0.2, 0.25) is 0 Å². The zero-order valence-electron chi connectivity index (χ0n) is 17.5. The Bertz CT molecular complexity index is 464. The molecule has 0 N–H and O–H groups in total. The van der Waals surface area contributed by atoms with Crippen molar-refractivity contribution in [1.29, 1.82) is 0 Å². The van der Waals surface area contributed by atoms with Gasteiger partial charge in [-0.15, -0.1) is 26.5 Å². The Morgan fingerprint density at radius 2 is 0.692 bits per heavy atom. The predicted molar refractivity (Wildman–Crippen MR) is 118 cm³/mol. The standard InChI is InChI=1S/2C11H18P.Fe.Rh/c2*1-9(2)12(10(3)4)11-7-5-6-8-11;;/h2*5-10H,1-4H3;;/q2*-1;+2;+1. The molecule has 0 amide bonds. The summed E-state index contributed by atoms with van der Waals surface area (Å²) in [6.07, 6.45) is 0. The Kier molecular flexibility index (Phi) is 16.3. The van der Waals surface area contributed by atoms with Crippen LogP contribution >= 0.6 is 15.8 Å². The molecule has 0 atom stereocenters. The average Bonchev–Trinajstić information content (AvgIpc) is 3.11. The van der Waals surface area contributed by atoms with Crippen LogP contribution in [0.2, 0.25) is 0 Å². The van der Waals surface area contributed by atoms with Crippen LogP contribution < -0.4 is 10.6 Å². The van der Waals surface area contributed by atoms with Crippen LogP contribution in [0.5, 0.6) is 0 Å². The summed E-state index contributed by atoms with van der Waals surface area (Å²) in [5.41, 5.74) is 3.23. The van der Waals surface area contributed by atoms with Gasteiger partial charge in [0.05, 0.1) is 0 Å². The Morgan fingerprint density at radius 3 is 0.846 bits per heavy atom. The van der Waals surface area contributed by atoms with E-state index in [9.17, 15) is 0 Å². The van der Waals surface area contributed by atoms with E-state index in [1.807, 2.05) is 0 Å². The van der Waals surface area contributed by atoms with Gasteiger partial charge >= 0.3 is 36.5 Å². The van der Waals surface area contributed by atoms with Gasteiger partial charge in [-0.3, -0.25) is 0 Å². The molecule has 2 aromatic rings. The molecule has 2 rings (SSSR count). The van der Waals surface area contributed by atoms with Crippen molar-refractivity contribution in [1.82, 2.24) is 0 Å². The molecule has 0 aromatic heterocycles. The molecular formula is C22H36FeP2Rh+. The van der Waals surface area contributed by atoms with Crippen LogP contribution in [0, 0.1) is 0 Å². The van der Waals surface area contributed by atoms with Crippen molar-refractivity contribution in [2.75, 3.05) is 0 Å². The Labute approximate surface area is 188 Å². The maximum atomic E-state index is 2.33. The molecule has 2 aromatic carbocycles. The van der Waals surface area contributed by atoms with E-state index in [1.165, 1.54) is 0 Å². The fraction of sp³-hybridized carbons (Fsp3) is 0.545. The molecule has 0 nitrogen and oxygen atoms in total. The number of hydrogen-bond donors (Lipinski definition) is 0. The minimum Gasteiger partial charge on any atom is -0.213 e. The van der Waals surface area contributed by atoms with E-state index >= 15 is 0 Å². The Hall–Kier alpha value is 0.703. The average molecular weight is 521 g/mol. The summed E-state index contributed by atoms with van der Waals surface area (Å²) in [5, 5.41) is 3.13. The predicted octanol–water partition coefficient (Wildman–Crippen LogP) is 6.65. The molecule has 0 saturated carbocycles. The van der Waals surface area contributed by atoms with Gasteiger partial charge in [-0.1, -0.05) is 55.4 Å². The van der Waals surface area contributed by atoms with E-state index in [-0.39, 0.29) is 52.4 Å². The first-order chi connectivity index (χ1) is 11.3. The second kappa shape index (κ2) is 14.7. The van der Waals surface area contributed by atoms with Gasteiger partial charge in [-0.25, -0.2) is 24.3 Å². The summed E-state index contributed by atoms with van der Waals surface area (Å²) < 4.78 is 0. The summed E-state index contributed by atoms with van der Waals surface area (Å²) in [5.74, 6) is 0. The molecule has 26 heavy (non-hydrogen) atoms. The molecule has 0 heterocycles. The van der Waals surface area contributed by atoms with E-state index in [0.717, 1.165) is 22.6 Å². The molecule has 0 aliphatic rings. The SMILES string of the molecule is CC(C)P([c-]1cccc1)C(C)C.CC(C)P([c-]1cccc1)C(C)C.[Fe+2].[Rh+]. The molecular weight excluding hydrogens is 485 g/mol. The van der Waals surface area contributed by atoms with Gasteiger partial charge < -0.3 is 0 Å². The van der Waals surface area contributed by atoms with E-state index < -0.39 is 0 Å². The molecule has 0 fully saturated rings.